The Labute approximate surface area is 103 Å². The van der Waals surface area contributed by atoms with Crippen LogP contribution >= 0.6 is 15.2 Å². The number of aliphatic imine (C=N–C) groups is 1. The topological polar surface area (TPSA) is 151 Å². The van der Waals surface area contributed by atoms with Crippen molar-refractivity contribution in [2.75, 3.05) is 13.6 Å². The zero-order valence-electron chi connectivity index (χ0n) is 9.41. The Morgan fingerprint density at radius 3 is 2.17 bits per heavy atom. The Balaban J connectivity index is 3.07. The molecule has 0 saturated heterocycles. The second kappa shape index (κ2) is 4.86. The van der Waals surface area contributed by atoms with E-state index in [0.717, 1.165) is 0 Å². The second-order valence-electron chi connectivity index (χ2n) is 3.92. The summed E-state index contributed by atoms with van der Waals surface area (Å²) in [5.74, 6) is 0. The maximum absolute atomic E-state index is 11.1. The van der Waals surface area contributed by atoms with Gasteiger partial charge in [0.1, 0.15) is 0 Å². The monoisotopic (exact) mass is 300 g/mol. The SMILES string of the molecule is CN1C=NC(CC(O)(P(=O)(O)O)P(=O)(O)O)=CC1. The van der Waals surface area contributed by atoms with Gasteiger partial charge >= 0.3 is 15.2 Å². The molecule has 0 spiro atoms. The summed E-state index contributed by atoms with van der Waals surface area (Å²) in [5, 5.41) is 6.20. The van der Waals surface area contributed by atoms with Gasteiger partial charge in [-0.1, -0.05) is 0 Å². The maximum Gasteiger partial charge on any atom is 0.369 e. The second-order valence-corrected chi connectivity index (χ2v) is 7.93. The molecule has 0 unspecified atom stereocenters. The van der Waals surface area contributed by atoms with Gasteiger partial charge in [-0.25, -0.2) is 4.99 Å². The van der Waals surface area contributed by atoms with Crippen LogP contribution in [-0.4, -0.2) is 54.6 Å². The van der Waals surface area contributed by atoms with E-state index in [-0.39, 0.29) is 5.70 Å². The fourth-order valence-corrected chi connectivity index (χ4v) is 3.35. The fraction of sp³-hybridized carbons (Fsp3) is 0.571. The zero-order valence-corrected chi connectivity index (χ0v) is 11.2. The van der Waals surface area contributed by atoms with Crippen molar-refractivity contribution in [3.8, 4) is 0 Å². The lowest BCUT2D eigenvalue weighted by Crippen LogP contribution is -2.30. The summed E-state index contributed by atoms with van der Waals surface area (Å²) < 4.78 is 22.2. The summed E-state index contributed by atoms with van der Waals surface area (Å²) in [6.07, 6.45) is 1.82. The molecule has 1 aliphatic heterocycles. The van der Waals surface area contributed by atoms with Crippen LogP contribution in [0.15, 0.2) is 16.8 Å². The van der Waals surface area contributed by atoms with Crippen molar-refractivity contribution in [1.82, 2.24) is 4.90 Å². The third-order valence-electron chi connectivity index (χ3n) is 2.39. The highest BCUT2D eigenvalue weighted by molar-refractivity contribution is 7.72. The Morgan fingerprint density at radius 1 is 1.33 bits per heavy atom. The molecule has 0 aromatic heterocycles. The summed E-state index contributed by atoms with van der Waals surface area (Å²) in [6, 6.07) is 0. The van der Waals surface area contributed by atoms with Gasteiger partial charge in [0.15, 0.2) is 0 Å². The number of rotatable bonds is 4. The Morgan fingerprint density at radius 2 is 1.83 bits per heavy atom. The molecule has 0 aromatic rings. The molecule has 1 heterocycles. The third kappa shape index (κ3) is 3.07. The van der Waals surface area contributed by atoms with Crippen molar-refractivity contribution >= 4 is 21.5 Å². The maximum atomic E-state index is 11.1. The number of nitrogens with zero attached hydrogens (tertiary/aromatic N) is 2. The Kier molecular flexibility index (Phi) is 4.19. The molecule has 0 saturated carbocycles. The molecule has 5 N–H and O–H groups in total. The normalized spacial score (nSPS) is 17.9. The van der Waals surface area contributed by atoms with Crippen molar-refractivity contribution in [3.63, 3.8) is 0 Å². The largest absolute Gasteiger partial charge is 0.369 e. The molecule has 0 aliphatic carbocycles. The minimum Gasteiger partial charge on any atom is -0.367 e. The molecule has 0 bridgehead atoms. The first kappa shape index (κ1) is 15.5. The summed E-state index contributed by atoms with van der Waals surface area (Å²) in [5.41, 5.74) is 0.00208. The highest BCUT2D eigenvalue weighted by Gasteiger charge is 2.59. The van der Waals surface area contributed by atoms with E-state index >= 15 is 0 Å². The smallest absolute Gasteiger partial charge is 0.367 e. The van der Waals surface area contributed by atoms with Gasteiger partial charge in [0.2, 0.25) is 0 Å². The molecule has 1 rings (SSSR count). The molecule has 0 radical (unpaired) electrons. The van der Waals surface area contributed by atoms with Gasteiger partial charge in [0.05, 0.1) is 6.34 Å². The van der Waals surface area contributed by atoms with Gasteiger partial charge in [-0.15, -0.1) is 0 Å². The Hall–Kier alpha value is -0.530. The van der Waals surface area contributed by atoms with Crippen molar-refractivity contribution in [2.24, 2.45) is 4.99 Å². The van der Waals surface area contributed by atoms with Gasteiger partial charge < -0.3 is 29.6 Å². The van der Waals surface area contributed by atoms with Crippen molar-refractivity contribution < 1.29 is 33.8 Å². The molecular formula is C7H14N2O7P2. The van der Waals surface area contributed by atoms with Crippen LogP contribution in [0.3, 0.4) is 0 Å². The molecule has 104 valence electrons. The number of hydrogen-bond donors (Lipinski definition) is 5. The lowest BCUT2D eigenvalue weighted by molar-refractivity contribution is 0.130. The summed E-state index contributed by atoms with van der Waals surface area (Å²) in [4.78, 5) is 41.1. The van der Waals surface area contributed by atoms with Gasteiger partial charge in [0.25, 0.3) is 5.08 Å². The molecular weight excluding hydrogens is 286 g/mol. The number of aliphatic hydroxyl groups is 1. The van der Waals surface area contributed by atoms with E-state index < -0.39 is 26.7 Å². The summed E-state index contributed by atoms with van der Waals surface area (Å²) >= 11 is 0. The average Bonchev–Trinajstić information content (AvgIpc) is 2.18. The van der Waals surface area contributed by atoms with E-state index in [1.165, 1.54) is 12.4 Å². The molecule has 18 heavy (non-hydrogen) atoms. The molecule has 1 aliphatic rings. The quantitative estimate of drug-likeness (QED) is 0.425. The van der Waals surface area contributed by atoms with Gasteiger partial charge in [-0.3, -0.25) is 9.13 Å². The summed E-state index contributed by atoms with van der Waals surface area (Å²) in [7, 11) is -9.16. The molecule has 0 amide bonds. The van der Waals surface area contributed by atoms with Gasteiger partial charge in [-0.2, -0.15) is 0 Å². The van der Waals surface area contributed by atoms with Crippen LogP contribution < -0.4 is 0 Å². The van der Waals surface area contributed by atoms with Crippen LogP contribution in [-0.2, 0) is 9.13 Å². The highest BCUT2D eigenvalue weighted by atomic mass is 31.2. The third-order valence-corrected chi connectivity index (χ3v) is 6.13. The van der Waals surface area contributed by atoms with Gasteiger partial charge in [-0.05, 0) is 6.08 Å². The standard InChI is InChI=1S/C7H14N2O7P2/c1-9-3-2-6(8-5-9)4-7(10,17(11,12)13)18(14,15)16/h2,5,10H,3-4H2,1H3,(H2,11,12,13)(H2,14,15,16). The van der Waals surface area contributed by atoms with Crippen molar-refractivity contribution in [2.45, 2.75) is 11.5 Å². The molecule has 9 nitrogen and oxygen atoms in total. The molecule has 0 atom stereocenters. The zero-order chi connectivity index (χ0) is 14.2. The first-order chi connectivity index (χ1) is 7.97. The number of likely N-dealkylation sites (N-methyl/N-ethyl adjacent to an activating group) is 1. The first-order valence-electron chi connectivity index (χ1n) is 4.74. The molecule has 11 heteroatoms. The Bertz CT molecular complexity index is 454. The van der Waals surface area contributed by atoms with Crippen LogP contribution in [0, 0.1) is 0 Å². The van der Waals surface area contributed by atoms with Crippen molar-refractivity contribution in [3.05, 3.63) is 11.8 Å². The van der Waals surface area contributed by atoms with Crippen LogP contribution in [0.5, 0.6) is 0 Å². The molecule has 0 aromatic carbocycles. The van der Waals surface area contributed by atoms with Crippen LogP contribution in [0.2, 0.25) is 0 Å². The lowest BCUT2D eigenvalue weighted by atomic mass is 10.3. The predicted molar refractivity (Wildman–Crippen MR) is 62.9 cm³/mol. The molecule has 0 fully saturated rings. The van der Waals surface area contributed by atoms with Crippen LogP contribution in [0.4, 0.5) is 0 Å². The highest BCUT2D eigenvalue weighted by Crippen LogP contribution is 2.69. The van der Waals surface area contributed by atoms with Crippen LogP contribution in [0.25, 0.3) is 0 Å². The van der Waals surface area contributed by atoms with E-state index in [4.69, 9.17) is 19.6 Å². The summed E-state index contributed by atoms with van der Waals surface area (Å²) in [6.45, 7) is 0.358. The number of hydrogen-bond acceptors (Lipinski definition) is 5. The first-order valence-corrected chi connectivity index (χ1v) is 7.97. The lowest BCUT2D eigenvalue weighted by Gasteiger charge is -2.30. The van der Waals surface area contributed by atoms with E-state index in [1.54, 1.807) is 11.9 Å². The minimum atomic E-state index is -5.43. The fourth-order valence-electron chi connectivity index (χ4n) is 1.26. The average molecular weight is 300 g/mol. The van der Waals surface area contributed by atoms with Gasteiger partial charge in [0, 0.05) is 25.7 Å². The van der Waals surface area contributed by atoms with E-state index in [0.29, 0.717) is 6.54 Å². The predicted octanol–water partition coefficient (Wildman–Crippen LogP) is -0.764. The van der Waals surface area contributed by atoms with Crippen LogP contribution in [0.1, 0.15) is 6.42 Å². The van der Waals surface area contributed by atoms with E-state index in [2.05, 4.69) is 4.99 Å². The minimum absolute atomic E-state index is 0.00208. The van der Waals surface area contributed by atoms with E-state index in [1.807, 2.05) is 0 Å². The van der Waals surface area contributed by atoms with Crippen molar-refractivity contribution in [1.29, 1.82) is 0 Å². The van der Waals surface area contributed by atoms with E-state index in [9.17, 15) is 14.2 Å².